The Morgan fingerprint density at radius 1 is 1.12 bits per heavy atom. The van der Waals surface area contributed by atoms with Gasteiger partial charge in [-0.2, -0.15) is 11.3 Å². The highest BCUT2D eigenvalue weighted by Crippen LogP contribution is 2.33. The van der Waals surface area contributed by atoms with Gasteiger partial charge in [-0.05, 0) is 58.0 Å². The van der Waals surface area contributed by atoms with Gasteiger partial charge < -0.3 is 4.98 Å². The number of benzene rings is 1. The third kappa shape index (κ3) is 3.24. The summed E-state index contributed by atoms with van der Waals surface area (Å²) in [7, 11) is 0. The maximum atomic E-state index is 12.1. The van der Waals surface area contributed by atoms with Crippen molar-refractivity contribution in [3.05, 3.63) is 68.1 Å². The minimum Gasteiger partial charge on any atom is -0.322 e. The zero-order valence-electron chi connectivity index (χ0n) is 14.8. The molecule has 4 nitrogen and oxygen atoms in total. The number of aromatic nitrogens is 1. The van der Waals surface area contributed by atoms with Crippen molar-refractivity contribution in [2.75, 3.05) is 13.1 Å². The first kappa shape index (κ1) is 17.2. The Morgan fingerprint density at radius 3 is 2.62 bits per heavy atom. The monoisotopic (exact) mass is 366 g/mol. The fraction of sp³-hybridized carbons (Fsp3) is 0.333. The van der Waals surface area contributed by atoms with Crippen LogP contribution in [0.3, 0.4) is 0 Å². The number of thiophene rings is 1. The van der Waals surface area contributed by atoms with Crippen LogP contribution in [-0.2, 0) is 11.2 Å². The van der Waals surface area contributed by atoms with Crippen molar-refractivity contribution in [3.8, 4) is 0 Å². The van der Waals surface area contributed by atoms with E-state index in [1.54, 1.807) is 11.3 Å². The lowest BCUT2D eigenvalue weighted by Gasteiger charge is -2.34. The topological polar surface area (TPSA) is 53.2 Å². The first-order valence-electron chi connectivity index (χ1n) is 9.09. The number of ketones is 1. The van der Waals surface area contributed by atoms with E-state index in [2.05, 4.69) is 38.8 Å². The van der Waals surface area contributed by atoms with Crippen molar-refractivity contribution >= 4 is 28.0 Å². The number of carbonyl (C=O) groups excluding carboxylic acids is 1. The van der Waals surface area contributed by atoms with E-state index in [9.17, 15) is 9.59 Å². The van der Waals surface area contributed by atoms with Gasteiger partial charge >= 0.3 is 0 Å². The van der Waals surface area contributed by atoms with Crippen molar-refractivity contribution in [1.29, 1.82) is 0 Å². The Bertz CT molecular complexity index is 981. The molecule has 3 aromatic rings. The number of nitrogens with one attached hydrogen (secondary N) is 1. The van der Waals surface area contributed by atoms with Gasteiger partial charge in [0.2, 0.25) is 0 Å². The SMILES string of the molecule is CCc1cc2cc(C(c3ccsc3)N3CCC(=O)CC3)ccc2[nH]c1=O. The molecule has 1 aliphatic heterocycles. The minimum atomic E-state index is -0.00308. The summed E-state index contributed by atoms with van der Waals surface area (Å²) in [6.45, 7) is 3.59. The lowest BCUT2D eigenvalue weighted by atomic mass is 9.95. The molecule has 0 spiro atoms. The minimum absolute atomic E-state index is 0.00308. The molecule has 0 saturated carbocycles. The van der Waals surface area contributed by atoms with Crippen LogP contribution in [-0.4, -0.2) is 28.8 Å². The molecule has 2 aromatic heterocycles. The molecule has 4 rings (SSSR count). The molecule has 0 radical (unpaired) electrons. The number of H-pyrrole nitrogens is 1. The molecule has 26 heavy (non-hydrogen) atoms. The van der Waals surface area contributed by atoms with Crippen molar-refractivity contribution in [1.82, 2.24) is 9.88 Å². The van der Waals surface area contributed by atoms with E-state index in [-0.39, 0.29) is 11.6 Å². The van der Waals surface area contributed by atoms with E-state index in [1.807, 2.05) is 19.1 Å². The molecule has 1 N–H and O–H groups in total. The second-order valence-corrected chi connectivity index (χ2v) is 7.64. The summed E-state index contributed by atoms with van der Waals surface area (Å²) in [4.78, 5) is 29.1. The number of pyridine rings is 1. The van der Waals surface area contributed by atoms with Crippen LogP contribution in [0.2, 0.25) is 0 Å². The van der Waals surface area contributed by atoms with Gasteiger partial charge in [-0.3, -0.25) is 14.5 Å². The molecule has 3 heterocycles. The number of aryl methyl sites for hydroxylation is 1. The number of piperidine rings is 1. The Labute approximate surface area is 156 Å². The van der Waals surface area contributed by atoms with Crippen LogP contribution in [0.1, 0.15) is 42.5 Å². The van der Waals surface area contributed by atoms with Crippen LogP contribution in [0.4, 0.5) is 0 Å². The van der Waals surface area contributed by atoms with Crippen molar-refractivity contribution in [3.63, 3.8) is 0 Å². The second kappa shape index (κ2) is 7.17. The molecular weight excluding hydrogens is 344 g/mol. The number of nitrogens with zero attached hydrogens (tertiary/aromatic N) is 1. The van der Waals surface area contributed by atoms with Gasteiger partial charge in [-0.1, -0.05) is 13.0 Å². The number of Topliss-reactive ketones (excluding diaryl/α,β-unsaturated/α-hetero) is 1. The molecule has 1 unspecified atom stereocenters. The molecule has 1 saturated heterocycles. The van der Waals surface area contributed by atoms with Crippen LogP contribution >= 0.6 is 11.3 Å². The Morgan fingerprint density at radius 2 is 1.92 bits per heavy atom. The molecular formula is C21H22N2O2S. The summed E-state index contributed by atoms with van der Waals surface area (Å²) in [6, 6.07) is 10.6. The molecule has 0 aliphatic carbocycles. The first-order valence-corrected chi connectivity index (χ1v) is 10.0. The molecule has 1 aromatic carbocycles. The molecule has 5 heteroatoms. The summed E-state index contributed by atoms with van der Waals surface area (Å²) in [5.41, 5.74) is 4.15. The van der Waals surface area contributed by atoms with Crippen LogP contribution in [0.5, 0.6) is 0 Å². The summed E-state index contributed by atoms with van der Waals surface area (Å²) < 4.78 is 0. The maximum absolute atomic E-state index is 12.1. The number of carbonyl (C=O) groups is 1. The predicted molar refractivity (Wildman–Crippen MR) is 106 cm³/mol. The molecule has 1 atom stereocenters. The number of aromatic amines is 1. The Hall–Kier alpha value is -2.24. The van der Waals surface area contributed by atoms with E-state index in [0.717, 1.165) is 36.0 Å². The summed E-state index contributed by atoms with van der Waals surface area (Å²) in [5, 5.41) is 5.35. The smallest absolute Gasteiger partial charge is 0.251 e. The summed E-state index contributed by atoms with van der Waals surface area (Å²) >= 11 is 1.70. The highest BCUT2D eigenvalue weighted by molar-refractivity contribution is 7.08. The van der Waals surface area contributed by atoms with Gasteiger partial charge in [0.05, 0.1) is 6.04 Å². The highest BCUT2D eigenvalue weighted by atomic mass is 32.1. The third-order valence-corrected chi connectivity index (χ3v) is 5.92. The fourth-order valence-electron chi connectivity index (χ4n) is 3.78. The molecule has 1 aliphatic rings. The zero-order chi connectivity index (χ0) is 18.1. The van der Waals surface area contributed by atoms with E-state index in [1.165, 1.54) is 11.1 Å². The largest absolute Gasteiger partial charge is 0.322 e. The van der Waals surface area contributed by atoms with E-state index >= 15 is 0 Å². The second-order valence-electron chi connectivity index (χ2n) is 6.86. The maximum Gasteiger partial charge on any atom is 0.251 e. The standard InChI is InChI=1S/C21H22N2O2S/c1-2-14-11-17-12-15(3-4-19(17)22-21(14)25)20(16-7-10-26-13-16)23-8-5-18(24)6-9-23/h3-4,7,10-13,20H,2,5-6,8-9H2,1H3,(H,22,25). The first-order chi connectivity index (χ1) is 12.7. The molecule has 134 valence electrons. The normalized spacial score (nSPS) is 16.9. The van der Waals surface area contributed by atoms with Gasteiger partial charge in [0.25, 0.3) is 5.56 Å². The van der Waals surface area contributed by atoms with Gasteiger partial charge in [0.15, 0.2) is 0 Å². The average Bonchev–Trinajstić information content (AvgIpc) is 3.17. The molecule has 1 fully saturated rings. The van der Waals surface area contributed by atoms with Gasteiger partial charge in [0, 0.05) is 37.0 Å². The number of rotatable bonds is 4. The average molecular weight is 366 g/mol. The highest BCUT2D eigenvalue weighted by Gasteiger charge is 2.26. The number of hydrogen-bond acceptors (Lipinski definition) is 4. The van der Waals surface area contributed by atoms with Crippen molar-refractivity contribution in [2.45, 2.75) is 32.2 Å². The number of hydrogen-bond donors (Lipinski definition) is 1. The number of fused-ring (bicyclic) bond motifs is 1. The van der Waals surface area contributed by atoms with E-state index < -0.39 is 0 Å². The fourth-order valence-corrected chi connectivity index (χ4v) is 4.46. The number of likely N-dealkylation sites (tertiary alicyclic amines) is 1. The lowest BCUT2D eigenvalue weighted by molar-refractivity contribution is -0.121. The van der Waals surface area contributed by atoms with Gasteiger partial charge in [-0.25, -0.2) is 0 Å². The van der Waals surface area contributed by atoms with Gasteiger partial charge in [0.1, 0.15) is 5.78 Å². The van der Waals surface area contributed by atoms with Crippen LogP contribution in [0.25, 0.3) is 10.9 Å². The Kier molecular flexibility index (Phi) is 4.74. The summed E-state index contributed by atoms with van der Waals surface area (Å²) in [6.07, 6.45) is 1.97. The van der Waals surface area contributed by atoms with Crippen LogP contribution < -0.4 is 5.56 Å². The van der Waals surface area contributed by atoms with E-state index in [0.29, 0.717) is 18.6 Å². The third-order valence-electron chi connectivity index (χ3n) is 5.22. The Balaban J connectivity index is 1.79. The lowest BCUT2D eigenvalue weighted by Crippen LogP contribution is -2.37. The van der Waals surface area contributed by atoms with Gasteiger partial charge in [-0.15, -0.1) is 0 Å². The quantitative estimate of drug-likeness (QED) is 0.762. The van der Waals surface area contributed by atoms with Crippen molar-refractivity contribution in [2.24, 2.45) is 0 Å². The van der Waals surface area contributed by atoms with E-state index in [4.69, 9.17) is 0 Å². The molecule has 0 bridgehead atoms. The van der Waals surface area contributed by atoms with Crippen LogP contribution in [0.15, 0.2) is 45.9 Å². The molecule has 0 amide bonds. The van der Waals surface area contributed by atoms with Crippen LogP contribution in [0, 0.1) is 0 Å². The van der Waals surface area contributed by atoms with Crippen molar-refractivity contribution < 1.29 is 4.79 Å². The zero-order valence-corrected chi connectivity index (χ0v) is 15.6. The predicted octanol–water partition coefficient (Wildman–Crippen LogP) is 3.91. The summed E-state index contributed by atoms with van der Waals surface area (Å²) in [5.74, 6) is 0.356.